The summed E-state index contributed by atoms with van der Waals surface area (Å²) in [4.78, 5) is -0.638. The van der Waals surface area contributed by atoms with Crippen LogP contribution < -0.4 is 0 Å². The average molecular weight is 212 g/mol. The Kier molecular flexibility index (Phi) is 2.76. The Hall–Kier alpha value is -0.520. The number of hydrogen-bond acceptors (Lipinski definition) is 2. The highest BCUT2D eigenvalue weighted by Gasteiger charge is 2.08. The Morgan fingerprint density at radius 1 is 1.33 bits per heavy atom. The molecule has 0 N–H and O–H groups in total. The molecule has 0 fully saturated rings. The van der Waals surface area contributed by atoms with E-state index < -0.39 is 32.6 Å². The van der Waals surface area contributed by atoms with Crippen LogP contribution >= 0.6 is 11.6 Å². The minimum absolute atomic E-state index is 0.421. The summed E-state index contributed by atoms with van der Waals surface area (Å²) in [7, 11) is 0. The summed E-state index contributed by atoms with van der Waals surface area (Å²) in [6.45, 7) is 0. The van der Waals surface area contributed by atoms with Gasteiger partial charge in [0.2, 0.25) is 0 Å². The van der Waals surface area contributed by atoms with Gasteiger partial charge in [-0.1, -0.05) is 11.6 Å². The third-order valence-electron chi connectivity index (χ3n) is 1.15. The molecular weight excluding hydrogens is 210 g/mol. The SMILES string of the molecule is O=S([O-])c1cc(Cl)c(F)cc1F. The van der Waals surface area contributed by atoms with E-state index in [1.165, 1.54) is 0 Å². The molecule has 0 saturated heterocycles. The fourth-order valence-electron chi connectivity index (χ4n) is 0.632. The van der Waals surface area contributed by atoms with Gasteiger partial charge in [0, 0.05) is 6.07 Å². The van der Waals surface area contributed by atoms with E-state index in [1.54, 1.807) is 0 Å². The molecule has 0 spiro atoms. The number of hydrogen-bond donors (Lipinski definition) is 0. The predicted molar refractivity (Wildman–Crippen MR) is 38.6 cm³/mol. The van der Waals surface area contributed by atoms with Crippen molar-refractivity contribution in [1.82, 2.24) is 0 Å². The molecule has 1 unspecified atom stereocenters. The summed E-state index contributed by atoms with van der Waals surface area (Å²) in [6, 6.07) is 1.14. The van der Waals surface area contributed by atoms with Gasteiger partial charge in [-0.15, -0.1) is 0 Å². The maximum absolute atomic E-state index is 12.6. The second kappa shape index (κ2) is 3.47. The summed E-state index contributed by atoms with van der Waals surface area (Å²) in [5.74, 6) is -2.13. The standard InChI is InChI=1S/C6H3ClF2O2S/c7-3-1-6(12(10)11)5(9)2-4(3)8/h1-2H,(H,10,11)/p-1. The maximum atomic E-state index is 12.6. The van der Waals surface area contributed by atoms with Crippen molar-refractivity contribution in [1.29, 1.82) is 0 Å². The Morgan fingerprint density at radius 2 is 1.92 bits per heavy atom. The van der Waals surface area contributed by atoms with Crippen LogP contribution in [0.5, 0.6) is 0 Å². The van der Waals surface area contributed by atoms with E-state index in [0.717, 1.165) is 6.07 Å². The fourth-order valence-corrected chi connectivity index (χ4v) is 1.29. The Labute approximate surface area is 74.4 Å². The van der Waals surface area contributed by atoms with Crippen molar-refractivity contribution in [3.63, 3.8) is 0 Å². The first-order valence-corrected chi connectivity index (χ1v) is 4.21. The summed E-state index contributed by atoms with van der Waals surface area (Å²) in [6.07, 6.45) is 0. The largest absolute Gasteiger partial charge is 0.768 e. The Bertz CT molecular complexity index is 343. The van der Waals surface area contributed by atoms with Gasteiger partial charge < -0.3 is 4.55 Å². The van der Waals surface area contributed by atoms with Gasteiger partial charge in [0.15, 0.2) is 0 Å². The van der Waals surface area contributed by atoms with Crippen LogP contribution in [0.4, 0.5) is 8.78 Å². The molecule has 6 heteroatoms. The minimum atomic E-state index is -2.74. The zero-order valence-corrected chi connectivity index (χ0v) is 7.09. The Morgan fingerprint density at radius 3 is 2.42 bits per heavy atom. The zero-order chi connectivity index (χ0) is 9.30. The van der Waals surface area contributed by atoms with E-state index >= 15 is 0 Å². The van der Waals surface area contributed by atoms with Crippen LogP contribution in [-0.2, 0) is 11.1 Å². The predicted octanol–water partition coefficient (Wildman–Crippen LogP) is 1.86. The molecule has 0 bridgehead atoms. The Balaban J connectivity index is 3.33. The van der Waals surface area contributed by atoms with Crippen molar-refractivity contribution in [3.8, 4) is 0 Å². The molecule has 1 rings (SSSR count). The molecule has 2 nitrogen and oxygen atoms in total. The lowest BCUT2D eigenvalue weighted by molar-refractivity contribution is 0.518. The van der Waals surface area contributed by atoms with Crippen molar-refractivity contribution in [2.45, 2.75) is 4.90 Å². The smallest absolute Gasteiger partial charge is 0.144 e. The van der Waals surface area contributed by atoms with Gasteiger partial charge in [0.1, 0.15) is 11.6 Å². The van der Waals surface area contributed by atoms with Crippen LogP contribution in [0.3, 0.4) is 0 Å². The number of halogens is 3. The van der Waals surface area contributed by atoms with Crippen LogP contribution in [0.2, 0.25) is 5.02 Å². The van der Waals surface area contributed by atoms with E-state index in [1.807, 2.05) is 0 Å². The highest BCUT2D eigenvalue weighted by Crippen LogP contribution is 2.20. The van der Waals surface area contributed by atoms with Crippen molar-refractivity contribution in [2.24, 2.45) is 0 Å². The molecule has 0 aliphatic carbocycles. The minimum Gasteiger partial charge on any atom is -0.768 e. The van der Waals surface area contributed by atoms with E-state index in [0.29, 0.717) is 6.07 Å². The van der Waals surface area contributed by atoms with Crippen molar-refractivity contribution < 1.29 is 17.5 Å². The van der Waals surface area contributed by atoms with Gasteiger partial charge in [-0.2, -0.15) is 0 Å². The third kappa shape index (κ3) is 1.80. The quantitative estimate of drug-likeness (QED) is 0.526. The van der Waals surface area contributed by atoms with Gasteiger partial charge in [-0.3, -0.25) is 4.21 Å². The molecule has 1 aromatic rings. The average Bonchev–Trinajstić information content (AvgIpc) is 1.96. The van der Waals surface area contributed by atoms with Gasteiger partial charge in [0.05, 0.1) is 9.92 Å². The van der Waals surface area contributed by atoms with E-state index in [9.17, 15) is 17.5 Å². The molecule has 0 amide bonds. The molecule has 12 heavy (non-hydrogen) atoms. The molecule has 0 aliphatic rings. The third-order valence-corrected chi connectivity index (χ3v) is 2.12. The normalized spacial score (nSPS) is 13.0. The molecule has 0 heterocycles. The molecule has 66 valence electrons. The summed E-state index contributed by atoms with van der Waals surface area (Å²) in [5, 5.41) is -0.421. The van der Waals surface area contributed by atoms with Gasteiger partial charge >= 0.3 is 0 Å². The molecule has 0 radical (unpaired) electrons. The molecule has 0 aromatic heterocycles. The lowest BCUT2D eigenvalue weighted by Crippen LogP contribution is -1.95. The first-order valence-electron chi connectivity index (χ1n) is 2.76. The molecule has 1 atom stereocenters. The highest BCUT2D eigenvalue weighted by molar-refractivity contribution is 7.79. The van der Waals surface area contributed by atoms with E-state index in [4.69, 9.17) is 11.6 Å². The summed E-state index contributed by atoms with van der Waals surface area (Å²) in [5.41, 5.74) is 0. The van der Waals surface area contributed by atoms with Gasteiger partial charge in [-0.05, 0) is 17.1 Å². The monoisotopic (exact) mass is 211 g/mol. The second-order valence-electron chi connectivity index (χ2n) is 1.93. The van der Waals surface area contributed by atoms with Crippen molar-refractivity contribution >= 4 is 22.7 Å². The summed E-state index contributed by atoms with van der Waals surface area (Å²) >= 11 is 2.48. The summed E-state index contributed by atoms with van der Waals surface area (Å²) < 4.78 is 45.6. The van der Waals surface area contributed by atoms with Crippen molar-refractivity contribution in [3.05, 3.63) is 28.8 Å². The van der Waals surface area contributed by atoms with E-state index in [-0.39, 0.29) is 0 Å². The van der Waals surface area contributed by atoms with Crippen molar-refractivity contribution in [2.75, 3.05) is 0 Å². The van der Waals surface area contributed by atoms with E-state index in [2.05, 4.69) is 0 Å². The second-order valence-corrected chi connectivity index (χ2v) is 3.25. The molecule has 0 saturated carbocycles. The highest BCUT2D eigenvalue weighted by atomic mass is 35.5. The van der Waals surface area contributed by atoms with Gasteiger partial charge in [0.25, 0.3) is 0 Å². The fraction of sp³-hybridized carbons (Fsp3) is 0. The van der Waals surface area contributed by atoms with Crippen LogP contribution in [-0.4, -0.2) is 8.76 Å². The first-order chi connectivity index (χ1) is 5.52. The van der Waals surface area contributed by atoms with Crippen LogP contribution in [0.25, 0.3) is 0 Å². The topological polar surface area (TPSA) is 40.1 Å². The molecule has 0 aliphatic heterocycles. The molecular formula is C6H2ClF2O2S-. The zero-order valence-electron chi connectivity index (χ0n) is 5.51. The van der Waals surface area contributed by atoms with Crippen LogP contribution in [0.1, 0.15) is 0 Å². The first kappa shape index (κ1) is 9.57. The van der Waals surface area contributed by atoms with Crippen LogP contribution in [0, 0.1) is 11.6 Å². The van der Waals surface area contributed by atoms with Gasteiger partial charge in [-0.25, -0.2) is 8.78 Å². The maximum Gasteiger partial charge on any atom is 0.144 e. The lowest BCUT2D eigenvalue weighted by Gasteiger charge is -2.06. The number of benzene rings is 1. The van der Waals surface area contributed by atoms with Crippen LogP contribution in [0.15, 0.2) is 17.0 Å². The number of rotatable bonds is 1. The lowest BCUT2D eigenvalue weighted by atomic mass is 10.3. The molecule has 1 aromatic carbocycles.